The molecular formula is C21H26N6O3. The van der Waals surface area contributed by atoms with Crippen LogP contribution in [0.15, 0.2) is 36.5 Å². The highest BCUT2D eigenvalue weighted by atomic mass is 16.5. The van der Waals surface area contributed by atoms with Crippen molar-refractivity contribution in [2.45, 2.75) is 6.42 Å². The number of H-pyrrole nitrogens is 1. The van der Waals surface area contributed by atoms with Crippen molar-refractivity contribution in [1.82, 2.24) is 24.8 Å². The summed E-state index contributed by atoms with van der Waals surface area (Å²) >= 11 is 0. The fourth-order valence-electron chi connectivity index (χ4n) is 3.48. The predicted molar refractivity (Wildman–Crippen MR) is 114 cm³/mol. The number of primary amides is 1. The largest absolute Gasteiger partial charge is 0.478 e. The highest BCUT2D eigenvalue weighted by Gasteiger charge is 2.14. The monoisotopic (exact) mass is 410 g/mol. The van der Waals surface area contributed by atoms with Crippen molar-refractivity contribution in [3.05, 3.63) is 36.5 Å². The van der Waals surface area contributed by atoms with Crippen LogP contribution in [0.25, 0.3) is 22.4 Å². The molecule has 1 aromatic carbocycles. The van der Waals surface area contributed by atoms with Gasteiger partial charge in [0.05, 0.1) is 12.1 Å². The Labute approximate surface area is 174 Å². The summed E-state index contributed by atoms with van der Waals surface area (Å²) in [6.07, 6.45) is 1.81. The molecule has 1 aliphatic heterocycles. The van der Waals surface area contributed by atoms with Crippen LogP contribution in [-0.2, 0) is 0 Å². The first-order valence-corrected chi connectivity index (χ1v) is 10.0. The quantitative estimate of drug-likeness (QED) is 0.574. The fourth-order valence-corrected chi connectivity index (χ4v) is 3.48. The summed E-state index contributed by atoms with van der Waals surface area (Å²) in [5.41, 5.74) is 7.21. The maximum Gasteiger partial charge on any atom is 0.410 e. The second kappa shape index (κ2) is 9.10. The van der Waals surface area contributed by atoms with Crippen LogP contribution in [0, 0.1) is 0 Å². The standard InChI is InChI=1S/C21H26N6O3/c1-26-9-11-27(12-10-26)8-3-13-29-18-7-6-15(14-23-18)20-24-16-4-2-5-17(19(16)25-20)30-21(22)28/h2,4-7,14H,3,8-13H2,1H3,(H2,22,28)(H,24,25). The summed E-state index contributed by atoms with van der Waals surface area (Å²) in [5, 5.41) is 0. The number of nitrogens with zero attached hydrogens (tertiary/aromatic N) is 4. The number of amides is 1. The van der Waals surface area contributed by atoms with Gasteiger partial charge in [-0.05, 0) is 31.7 Å². The third kappa shape index (κ3) is 4.87. The van der Waals surface area contributed by atoms with E-state index in [1.807, 2.05) is 18.2 Å². The van der Waals surface area contributed by atoms with Crippen molar-refractivity contribution in [1.29, 1.82) is 0 Å². The first-order chi connectivity index (χ1) is 14.6. The van der Waals surface area contributed by atoms with Crippen LogP contribution in [0.5, 0.6) is 11.6 Å². The number of hydrogen-bond donors (Lipinski definition) is 2. The zero-order chi connectivity index (χ0) is 20.9. The van der Waals surface area contributed by atoms with Gasteiger partial charge in [0, 0.05) is 50.6 Å². The summed E-state index contributed by atoms with van der Waals surface area (Å²) in [5.74, 6) is 1.53. The van der Waals surface area contributed by atoms with Gasteiger partial charge in [0.15, 0.2) is 5.75 Å². The summed E-state index contributed by atoms with van der Waals surface area (Å²) in [6, 6.07) is 8.99. The Morgan fingerprint density at radius 1 is 1.20 bits per heavy atom. The highest BCUT2D eigenvalue weighted by Crippen LogP contribution is 2.27. The Balaban J connectivity index is 1.34. The summed E-state index contributed by atoms with van der Waals surface area (Å²) < 4.78 is 10.8. The topological polar surface area (TPSA) is 110 Å². The van der Waals surface area contributed by atoms with Crippen molar-refractivity contribution in [2.75, 3.05) is 46.4 Å². The molecule has 0 bridgehead atoms. The third-order valence-electron chi connectivity index (χ3n) is 5.16. The van der Waals surface area contributed by atoms with Gasteiger partial charge in [0.25, 0.3) is 0 Å². The molecule has 9 nitrogen and oxygen atoms in total. The number of imidazole rings is 1. The van der Waals surface area contributed by atoms with E-state index in [-0.39, 0.29) is 0 Å². The number of pyridine rings is 1. The summed E-state index contributed by atoms with van der Waals surface area (Å²) in [6.45, 7) is 6.17. The number of benzene rings is 1. The summed E-state index contributed by atoms with van der Waals surface area (Å²) in [4.78, 5) is 28.0. The molecule has 2 aromatic heterocycles. The van der Waals surface area contributed by atoms with Gasteiger partial charge in [-0.3, -0.25) is 0 Å². The van der Waals surface area contributed by atoms with Crippen molar-refractivity contribution in [3.8, 4) is 23.0 Å². The lowest BCUT2D eigenvalue weighted by Crippen LogP contribution is -2.44. The highest BCUT2D eigenvalue weighted by molar-refractivity contribution is 5.86. The predicted octanol–water partition coefficient (Wildman–Crippen LogP) is 2.10. The second-order valence-corrected chi connectivity index (χ2v) is 7.39. The van der Waals surface area contributed by atoms with Crippen molar-refractivity contribution < 1.29 is 14.3 Å². The first kappa shape index (κ1) is 20.1. The Morgan fingerprint density at radius 2 is 2.03 bits per heavy atom. The van der Waals surface area contributed by atoms with Crippen LogP contribution in [0.1, 0.15) is 6.42 Å². The van der Waals surface area contributed by atoms with E-state index in [9.17, 15) is 4.79 Å². The number of ether oxygens (including phenoxy) is 2. The SMILES string of the molecule is CN1CCN(CCCOc2ccc(-c3nc4c(OC(N)=O)cccc4[nH]3)cn2)CC1. The molecule has 4 rings (SSSR count). The number of nitrogens with one attached hydrogen (secondary N) is 1. The Bertz CT molecular complexity index is 996. The van der Waals surface area contributed by atoms with Crippen molar-refractivity contribution >= 4 is 17.1 Å². The molecule has 1 fully saturated rings. The molecule has 1 amide bonds. The number of piperazine rings is 1. The van der Waals surface area contributed by atoms with E-state index in [2.05, 4.69) is 31.8 Å². The van der Waals surface area contributed by atoms with E-state index in [1.165, 1.54) is 0 Å². The molecule has 0 radical (unpaired) electrons. The molecule has 0 spiro atoms. The number of fused-ring (bicyclic) bond motifs is 1. The van der Waals surface area contributed by atoms with Crippen molar-refractivity contribution in [2.24, 2.45) is 5.73 Å². The van der Waals surface area contributed by atoms with Gasteiger partial charge in [-0.2, -0.15) is 0 Å². The molecule has 0 saturated carbocycles. The molecule has 1 saturated heterocycles. The van der Waals surface area contributed by atoms with E-state index >= 15 is 0 Å². The van der Waals surface area contributed by atoms with E-state index in [4.69, 9.17) is 15.2 Å². The smallest absolute Gasteiger partial charge is 0.410 e. The van der Waals surface area contributed by atoms with Gasteiger partial charge < -0.3 is 30.0 Å². The van der Waals surface area contributed by atoms with Gasteiger partial charge in [-0.25, -0.2) is 14.8 Å². The lowest BCUT2D eigenvalue weighted by molar-refractivity contribution is 0.145. The number of carbonyl (C=O) groups excluding carboxylic acids is 1. The number of aromatic nitrogens is 3. The molecular weight excluding hydrogens is 384 g/mol. The molecule has 1 aliphatic rings. The normalized spacial score (nSPS) is 15.4. The Kier molecular flexibility index (Phi) is 6.10. The molecule has 3 heterocycles. The minimum Gasteiger partial charge on any atom is -0.478 e. The zero-order valence-electron chi connectivity index (χ0n) is 17.0. The van der Waals surface area contributed by atoms with Gasteiger partial charge in [0.1, 0.15) is 11.3 Å². The average molecular weight is 410 g/mol. The van der Waals surface area contributed by atoms with Gasteiger partial charge in [-0.1, -0.05) is 6.07 Å². The van der Waals surface area contributed by atoms with E-state index in [1.54, 1.807) is 18.3 Å². The van der Waals surface area contributed by atoms with Crippen LogP contribution < -0.4 is 15.2 Å². The van der Waals surface area contributed by atoms with Gasteiger partial charge >= 0.3 is 6.09 Å². The second-order valence-electron chi connectivity index (χ2n) is 7.39. The minimum atomic E-state index is -0.872. The number of aromatic amines is 1. The number of likely N-dealkylation sites (N-methyl/N-ethyl adjacent to an activating group) is 1. The van der Waals surface area contributed by atoms with Crippen LogP contribution in [-0.4, -0.2) is 77.2 Å². The average Bonchev–Trinajstić information content (AvgIpc) is 3.18. The fraction of sp³-hybridized carbons (Fsp3) is 0.381. The maximum atomic E-state index is 11.1. The van der Waals surface area contributed by atoms with Crippen LogP contribution >= 0.6 is 0 Å². The van der Waals surface area contributed by atoms with Crippen molar-refractivity contribution in [3.63, 3.8) is 0 Å². The maximum absolute atomic E-state index is 11.1. The molecule has 158 valence electrons. The Hall–Kier alpha value is -3.17. The molecule has 30 heavy (non-hydrogen) atoms. The molecule has 3 aromatic rings. The van der Waals surface area contributed by atoms with Gasteiger partial charge in [-0.15, -0.1) is 0 Å². The zero-order valence-corrected chi connectivity index (χ0v) is 17.0. The minimum absolute atomic E-state index is 0.316. The van der Waals surface area contributed by atoms with E-state index in [0.717, 1.165) is 50.2 Å². The number of carbonyl (C=O) groups is 1. The van der Waals surface area contributed by atoms with Crippen LogP contribution in [0.4, 0.5) is 4.79 Å². The van der Waals surface area contributed by atoms with Gasteiger partial charge in [0.2, 0.25) is 5.88 Å². The third-order valence-corrected chi connectivity index (χ3v) is 5.16. The van der Waals surface area contributed by atoms with Crippen LogP contribution in [0.2, 0.25) is 0 Å². The lowest BCUT2D eigenvalue weighted by Gasteiger charge is -2.32. The molecule has 0 aliphatic carbocycles. The Morgan fingerprint density at radius 3 is 2.77 bits per heavy atom. The lowest BCUT2D eigenvalue weighted by atomic mass is 10.3. The number of nitrogens with two attached hydrogens (primary N) is 1. The number of para-hydroxylation sites is 1. The number of rotatable bonds is 7. The van der Waals surface area contributed by atoms with E-state index < -0.39 is 6.09 Å². The molecule has 3 N–H and O–H groups in total. The first-order valence-electron chi connectivity index (χ1n) is 10.0. The molecule has 0 atom stereocenters. The van der Waals surface area contributed by atoms with E-state index in [0.29, 0.717) is 29.6 Å². The molecule has 9 heteroatoms. The number of hydrogen-bond acceptors (Lipinski definition) is 7. The van der Waals surface area contributed by atoms with Crippen LogP contribution in [0.3, 0.4) is 0 Å². The summed E-state index contributed by atoms with van der Waals surface area (Å²) in [7, 11) is 2.16. The molecule has 0 unspecified atom stereocenters.